The van der Waals surface area contributed by atoms with Crippen LogP contribution in [-0.2, 0) is 0 Å². The third-order valence-electron chi connectivity index (χ3n) is 2.01. The van der Waals surface area contributed by atoms with E-state index in [0.29, 0.717) is 11.5 Å². The van der Waals surface area contributed by atoms with E-state index >= 15 is 0 Å². The van der Waals surface area contributed by atoms with Gasteiger partial charge in [-0.05, 0) is 35.0 Å². The third kappa shape index (κ3) is 1.88. The SMILES string of the molecule is Cc1nc(-c2ncccc2Br)nc(N)c1F. The van der Waals surface area contributed by atoms with Crippen molar-refractivity contribution in [2.45, 2.75) is 6.92 Å². The zero-order chi connectivity index (χ0) is 11.7. The predicted octanol–water partition coefficient (Wildman–Crippen LogP) is 2.33. The smallest absolute Gasteiger partial charge is 0.186 e. The van der Waals surface area contributed by atoms with E-state index in [-0.39, 0.29) is 11.5 Å². The highest BCUT2D eigenvalue weighted by atomic mass is 79.9. The number of rotatable bonds is 1. The van der Waals surface area contributed by atoms with Crippen LogP contribution in [0.15, 0.2) is 22.8 Å². The first-order valence-electron chi connectivity index (χ1n) is 4.50. The number of hydrogen-bond donors (Lipinski definition) is 1. The minimum absolute atomic E-state index is 0.167. The highest BCUT2D eigenvalue weighted by molar-refractivity contribution is 9.10. The van der Waals surface area contributed by atoms with Crippen molar-refractivity contribution in [3.63, 3.8) is 0 Å². The Labute approximate surface area is 99.9 Å². The number of pyridine rings is 1. The van der Waals surface area contributed by atoms with Crippen LogP contribution in [0.1, 0.15) is 5.69 Å². The first kappa shape index (κ1) is 10.9. The molecular weight excluding hydrogens is 275 g/mol. The molecule has 0 saturated carbocycles. The average molecular weight is 283 g/mol. The molecule has 82 valence electrons. The molecule has 0 aromatic carbocycles. The summed E-state index contributed by atoms with van der Waals surface area (Å²) in [6.45, 7) is 1.54. The summed E-state index contributed by atoms with van der Waals surface area (Å²) in [5, 5.41) is 0. The molecule has 2 N–H and O–H groups in total. The lowest BCUT2D eigenvalue weighted by atomic mass is 10.3. The van der Waals surface area contributed by atoms with Gasteiger partial charge in [-0.2, -0.15) is 0 Å². The molecule has 2 aromatic heterocycles. The molecule has 2 aromatic rings. The normalized spacial score (nSPS) is 10.4. The Morgan fingerprint density at radius 1 is 1.38 bits per heavy atom. The van der Waals surface area contributed by atoms with E-state index in [1.54, 1.807) is 18.3 Å². The number of anilines is 1. The second-order valence-corrected chi connectivity index (χ2v) is 4.02. The number of aromatic nitrogens is 3. The fourth-order valence-corrected chi connectivity index (χ4v) is 1.67. The second kappa shape index (κ2) is 4.13. The van der Waals surface area contributed by atoms with Crippen LogP contribution in [0.2, 0.25) is 0 Å². The van der Waals surface area contributed by atoms with Gasteiger partial charge in [0, 0.05) is 10.7 Å². The molecule has 0 spiro atoms. The molecule has 16 heavy (non-hydrogen) atoms. The molecule has 6 heteroatoms. The Bertz CT molecular complexity index is 521. The Morgan fingerprint density at radius 3 is 2.75 bits per heavy atom. The van der Waals surface area contributed by atoms with Gasteiger partial charge in [0.15, 0.2) is 17.5 Å². The highest BCUT2D eigenvalue weighted by Crippen LogP contribution is 2.24. The van der Waals surface area contributed by atoms with Crippen LogP contribution < -0.4 is 5.73 Å². The molecular formula is C10H8BrFN4. The minimum Gasteiger partial charge on any atom is -0.381 e. The summed E-state index contributed by atoms with van der Waals surface area (Å²) >= 11 is 3.32. The topological polar surface area (TPSA) is 64.7 Å². The van der Waals surface area contributed by atoms with Crippen molar-refractivity contribution < 1.29 is 4.39 Å². The summed E-state index contributed by atoms with van der Waals surface area (Å²) < 4.78 is 14.0. The molecule has 0 saturated heterocycles. The molecule has 0 fully saturated rings. The number of nitrogens with two attached hydrogens (primary N) is 1. The first-order valence-corrected chi connectivity index (χ1v) is 5.29. The van der Waals surface area contributed by atoms with Crippen molar-refractivity contribution in [2.24, 2.45) is 0 Å². The number of hydrogen-bond acceptors (Lipinski definition) is 4. The molecule has 2 heterocycles. The largest absolute Gasteiger partial charge is 0.381 e. The Kier molecular flexibility index (Phi) is 2.82. The lowest BCUT2D eigenvalue weighted by Crippen LogP contribution is -2.03. The van der Waals surface area contributed by atoms with E-state index in [1.165, 1.54) is 6.92 Å². The number of aryl methyl sites for hydroxylation is 1. The van der Waals surface area contributed by atoms with Gasteiger partial charge in [-0.1, -0.05) is 0 Å². The van der Waals surface area contributed by atoms with Crippen LogP contribution in [0.5, 0.6) is 0 Å². The van der Waals surface area contributed by atoms with Crippen molar-refractivity contribution in [2.75, 3.05) is 5.73 Å². The lowest BCUT2D eigenvalue weighted by Gasteiger charge is -2.05. The van der Waals surface area contributed by atoms with Crippen LogP contribution >= 0.6 is 15.9 Å². The van der Waals surface area contributed by atoms with Gasteiger partial charge in [0.25, 0.3) is 0 Å². The molecule has 2 rings (SSSR count). The van der Waals surface area contributed by atoms with Gasteiger partial charge in [0.05, 0.1) is 5.69 Å². The molecule has 0 radical (unpaired) electrons. The van der Waals surface area contributed by atoms with Gasteiger partial charge >= 0.3 is 0 Å². The van der Waals surface area contributed by atoms with Crippen molar-refractivity contribution in [3.05, 3.63) is 34.3 Å². The monoisotopic (exact) mass is 282 g/mol. The zero-order valence-corrected chi connectivity index (χ0v) is 9.99. The predicted molar refractivity (Wildman–Crippen MR) is 62.1 cm³/mol. The molecule has 0 bridgehead atoms. The quantitative estimate of drug-likeness (QED) is 0.872. The van der Waals surface area contributed by atoms with Gasteiger partial charge in [-0.25, -0.2) is 14.4 Å². The van der Waals surface area contributed by atoms with Crippen LogP contribution in [0.4, 0.5) is 10.2 Å². The average Bonchev–Trinajstić information content (AvgIpc) is 2.26. The van der Waals surface area contributed by atoms with Gasteiger partial charge in [0.2, 0.25) is 0 Å². The van der Waals surface area contributed by atoms with E-state index < -0.39 is 5.82 Å². The maximum absolute atomic E-state index is 13.2. The second-order valence-electron chi connectivity index (χ2n) is 3.17. The fourth-order valence-electron chi connectivity index (χ4n) is 1.24. The molecule has 0 aliphatic rings. The Morgan fingerprint density at radius 2 is 2.12 bits per heavy atom. The summed E-state index contributed by atoms with van der Waals surface area (Å²) in [5.41, 5.74) is 6.19. The minimum atomic E-state index is -0.587. The zero-order valence-electron chi connectivity index (χ0n) is 8.41. The lowest BCUT2D eigenvalue weighted by molar-refractivity contribution is 0.608. The van der Waals surface area contributed by atoms with Crippen LogP contribution in [-0.4, -0.2) is 15.0 Å². The van der Waals surface area contributed by atoms with Crippen LogP contribution in [0, 0.1) is 12.7 Å². The summed E-state index contributed by atoms with van der Waals surface area (Å²) in [7, 11) is 0. The molecule has 0 unspecified atom stereocenters. The van der Waals surface area contributed by atoms with E-state index in [1.807, 2.05) is 0 Å². The summed E-state index contributed by atoms with van der Waals surface area (Å²) in [6.07, 6.45) is 1.61. The third-order valence-corrected chi connectivity index (χ3v) is 2.65. The van der Waals surface area contributed by atoms with Gasteiger partial charge < -0.3 is 5.73 Å². The molecule has 0 amide bonds. The number of nitrogen functional groups attached to an aromatic ring is 1. The van der Waals surface area contributed by atoms with Crippen molar-refractivity contribution >= 4 is 21.7 Å². The Balaban J connectivity index is 2.62. The molecule has 0 aliphatic carbocycles. The first-order chi connectivity index (χ1) is 7.59. The van der Waals surface area contributed by atoms with Gasteiger partial charge in [-0.3, -0.25) is 4.98 Å². The standard InChI is InChI=1S/C10H8BrFN4/c1-5-7(12)9(13)16-10(15-5)8-6(11)3-2-4-14-8/h2-4H,1H3,(H2,13,15,16). The summed E-state index contributed by atoms with van der Waals surface area (Å²) in [6, 6.07) is 3.58. The van der Waals surface area contributed by atoms with Crippen molar-refractivity contribution in [1.29, 1.82) is 0 Å². The van der Waals surface area contributed by atoms with E-state index in [0.717, 1.165) is 4.47 Å². The Hall–Kier alpha value is -1.56. The molecule has 4 nitrogen and oxygen atoms in total. The highest BCUT2D eigenvalue weighted by Gasteiger charge is 2.12. The number of nitrogens with zero attached hydrogens (tertiary/aromatic N) is 3. The molecule has 0 atom stereocenters. The van der Waals surface area contributed by atoms with Gasteiger partial charge in [0.1, 0.15) is 5.69 Å². The number of halogens is 2. The van der Waals surface area contributed by atoms with Crippen LogP contribution in [0.25, 0.3) is 11.5 Å². The van der Waals surface area contributed by atoms with Gasteiger partial charge in [-0.15, -0.1) is 0 Å². The van der Waals surface area contributed by atoms with Crippen molar-refractivity contribution in [1.82, 2.24) is 15.0 Å². The van der Waals surface area contributed by atoms with E-state index in [4.69, 9.17) is 5.73 Å². The van der Waals surface area contributed by atoms with E-state index in [2.05, 4.69) is 30.9 Å². The van der Waals surface area contributed by atoms with E-state index in [9.17, 15) is 4.39 Å². The van der Waals surface area contributed by atoms with Crippen molar-refractivity contribution in [3.8, 4) is 11.5 Å². The summed E-state index contributed by atoms with van der Waals surface area (Å²) in [5.74, 6) is -0.445. The molecule has 0 aliphatic heterocycles. The van der Waals surface area contributed by atoms with Crippen LogP contribution in [0.3, 0.4) is 0 Å². The fraction of sp³-hybridized carbons (Fsp3) is 0.100. The summed E-state index contributed by atoms with van der Waals surface area (Å²) in [4.78, 5) is 12.0. The maximum atomic E-state index is 13.2. The maximum Gasteiger partial charge on any atom is 0.186 e.